The van der Waals surface area contributed by atoms with Gasteiger partial charge in [0.25, 0.3) is 0 Å². The highest BCUT2D eigenvalue weighted by molar-refractivity contribution is 6.02. The molecule has 0 atom stereocenters. The third kappa shape index (κ3) is 2.10. The largest absolute Gasteiger partial charge is 0.485 e. The number of hydrogen-bond donors (Lipinski definition) is 2. The number of H-pyrrole nitrogens is 1. The molecule has 0 saturated carbocycles. The first-order chi connectivity index (χ1) is 9.24. The first-order valence-corrected chi connectivity index (χ1v) is 5.34. The molecule has 96 valence electrons. The summed E-state index contributed by atoms with van der Waals surface area (Å²) in [5.41, 5.74) is 0.576. The monoisotopic (exact) mass is 260 g/mol. The van der Waals surface area contributed by atoms with Crippen molar-refractivity contribution in [3.8, 4) is 5.75 Å². The van der Waals surface area contributed by atoms with Gasteiger partial charge in [-0.2, -0.15) is 0 Å². The van der Waals surface area contributed by atoms with Crippen molar-refractivity contribution in [1.29, 1.82) is 0 Å². The third-order valence-electron chi connectivity index (χ3n) is 2.54. The second-order valence-electron chi connectivity index (χ2n) is 3.75. The molecule has 0 amide bonds. The van der Waals surface area contributed by atoms with Gasteiger partial charge in [0.2, 0.25) is 0 Å². The van der Waals surface area contributed by atoms with E-state index in [0.29, 0.717) is 22.5 Å². The van der Waals surface area contributed by atoms with Gasteiger partial charge in [-0.15, -0.1) is 5.10 Å². The van der Waals surface area contributed by atoms with E-state index < -0.39 is 5.97 Å². The van der Waals surface area contributed by atoms with Crippen molar-refractivity contribution in [2.24, 2.45) is 0 Å². The van der Waals surface area contributed by atoms with E-state index in [1.807, 2.05) is 0 Å². The maximum absolute atomic E-state index is 10.9. The smallest absolute Gasteiger partial charge is 0.339 e. The lowest BCUT2D eigenvalue weighted by molar-refractivity contribution is 0.0698. The molecule has 0 spiro atoms. The summed E-state index contributed by atoms with van der Waals surface area (Å²) in [6, 6.07) is 4.91. The third-order valence-corrected chi connectivity index (χ3v) is 2.54. The van der Waals surface area contributed by atoms with Crippen LogP contribution in [0.2, 0.25) is 0 Å². The summed E-state index contributed by atoms with van der Waals surface area (Å²) in [5, 5.41) is 22.6. The summed E-state index contributed by atoms with van der Waals surface area (Å²) in [7, 11) is 0. The lowest BCUT2D eigenvalue weighted by Crippen LogP contribution is -1.98. The summed E-state index contributed by atoms with van der Waals surface area (Å²) in [5.74, 6) is 0.00103. The maximum Gasteiger partial charge on any atom is 0.339 e. The van der Waals surface area contributed by atoms with E-state index in [4.69, 9.17) is 14.3 Å². The van der Waals surface area contributed by atoms with Crippen LogP contribution in [0.3, 0.4) is 0 Å². The number of nitrogens with zero attached hydrogens (tertiary/aromatic N) is 3. The Morgan fingerprint density at radius 2 is 2.37 bits per heavy atom. The predicted octanol–water partition coefficient (Wildman–Crippen LogP) is 1.22. The van der Waals surface area contributed by atoms with Crippen LogP contribution < -0.4 is 4.74 Å². The molecule has 0 aliphatic carbocycles. The molecule has 2 N–H and O–H groups in total. The van der Waals surface area contributed by atoms with Crippen molar-refractivity contribution in [3.05, 3.63) is 35.9 Å². The molecule has 0 saturated heterocycles. The highest BCUT2D eigenvalue weighted by Gasteiger charge is 2.12. The number of benzene rings is 1. The van der Waals surface area contributed by atoms with E-state index in [1.165, 1.54) is 6.26 Å². The van der Waals surface area contributed by atoms with Gasteiger partial charge in [0, 0.05) is 11.5 Å². The number of tetrazole rings is 1. The number of ether oxygens (including phenoxy) is 1. The molecule has 0 bridgehead atoms. The highest BCUT2D eigenvalue weighted by atomic mass is 16.5. The van der Waals surface area contributed by atoms with Crippen molar-refractivity contribution in [1.82, 2.24) is 20.6 Å². The van der Waals surface area contributed by atoms with Gasteiger partial charge in [0.1, 0.15) is 29.8 Å². The molecule has 3 aromatic rings. The molecule has 3 rings (SSSR count). The minimum absolute atomic E-state index is 0.126. The number of aromatic amines is 1. The number of carbonyl (C=O) groups is 1. The van der Waals surface area contributed by atoms with Crippen molar-refractivity contribution in [2.75, 3.05) is 0 Å². The number of hydrogen-bond acceptors (Lipinski definition) is 6. The summed E-state index contributed by atoms with van der Waals surface area (Å²) >= 11 is 0. The number of carboxylic acids is 1. The Morgan fingerprint density at radius 3 is 3.11 bits per heavy atom. The van der Waals surface area contributed by atoms with Gasteiger partial charge < -0.3 is 14.3 Å². The second-order valence-corrected chi connectivity index (χ2v) is 3.75. The fraction of sp³-hybridized carbons (Fsp3) is 0.0909. The van der Waals surface area contributed by atoms with Gasteiger partial charge in [-0.25, -0.2) is 9.89 Å². The Hall–Kier alpha value is -2.90. The first kappa shape index (κ1) is 11.2. The zero-order valence-electron chi connectivity index (χ0n) is 9.53. The van der Waals surface area contributed by atoms with Crippen molar-refractivity contribution >= 4 is 16.9 Å². The normalized spacial score (nSPS) is 10.7. The lowest BCUT2D eigenvalue weighted by atomic mass is 10.2. The molecule has 8 heteroatoms. The standard InChI is InChI=1S/C11H8N4O4/c16-11(17)8-4-19-9-3-6(1-2-7(8)9)18-5-10-12-14-15-13-10/h1-4H,5H2,(H,16,17)(H,12,13,14,15). The molecule has 2 aromatic heterocycles. The van der Waals surface area contributed by atoms with Crippen molar-refractivity contribution < 1.29 is 19.1 Å². The van der Waals surface area contributed by atoms with E-state index in [1.54, 1.807) is 18.2 Å². The summed E-state index contributed by atoms with van der Waals surface area (Å²) < 4.78 is 10.6. The zero-order valence-corrected chi connectivity index (χ0v) is 9.53. The Morgan fingerprint density at radius 1 is 1.47 bits per heavy atom. The summed E-state index contributed by atoms with van der Waals surface area (Å²) in [6.45, 7) is 0.186. The number of nitrogens with one attached hydrogen (secondary N) is 1. The van der Waals surface area contributed by atoms with E-state index >= 15 is 0 Å². The number of furan rings is 1. The average Bonchev–Trinajstić information content (AvgIpc) is 3.05. The van der Waals surface area contributed by atoms with Gasteiger partial charge in [-0.3, -0.25) is 0 Å². The van der Waals surface area contributed by atoms with Crippen LogP contribution in [-0.4, -0.2) is 31.7 Å². The second kappa shape index (κ2) is 4.41. The van der Waals surface area contributed by atoms with Gasteiger partial charge in [0.15, 0.2) is 5.82 Å². The first-order valence-electron chi connectivity index (χ1n) is 5.34. The molecule has 2 heterocycles. The Kier molecular flexibility index (Phi) is 2.60. The van der Waals surface area contributed by atoms with Crippen LogP contribution in [0.25, 0.3) is 11.0 Å². The van der Waals surface area contributed by atoms with Gasteiger partial charge in [-0.1, -0.05) is 0 Å². The molecule has 1 aromatic carbocycles. The number of aromatic nitrogens is 4. The van der Waals surface area contributed by atoms with Crippen LogP contribution in [-0.2, 0) is 6.61 Å². The lowest BCUT2D eigenvalue weighted by Gasteiger charge is -2.02. The van der Waals surface area contributed by atoms with Gasteiger partial charge in [0.05, 0.1) is 0 Å². The number of fused-ring (bicyclic) bond motifs is 1. The zero-order chi connectivity index (χ0) is 13.2. The minimum Gasteiger partial charge on any atom is -0.485 e. The molecule has 8 nitrogen and oxygen atoms in total. The van der Waals surface area contributed by atoms with Crippen LogP contribution >= 0.6 is 0 Å². The molecular weight excluding hydrogens is 252 g/mol. The van der Waals surface area contributed by atoms with Crippen molar-refractivity contribution in [2.45, 2.75) is 6.61 Å². The highest BCUT2D eigenvalue weighted by Crippen LogP contribution is 2.25. The summed E-state index contributed by atoms with van der Waals surface area (Å²) in [6.07, 6.45) is 1.21. The molecule has 0 aliphatic heterocycles. The number of rotatable bonds is 4. The SMILES string of the molecule is O=C(O)c1coc2cc(OCc3nnn[nH]3)ccc12. The molecule has 0 unspecified atom stereocenters. The van der Waals surface area contributed by atoms with E-state index in [-0.39, 0.29) is 12.2 Å². The summed E-state index contributed by atoms with van der Waals surface area (Å²) in [4.78, 5) is 10.9. The average molecular weight is 260 g/mol. The van der Waals surface area contributed by atoms with Gasteiger partial charge >= 0.3 is 5.97 Å². The number of carboxylic acid groups (broad SMARTS) is 1. The van der Waals surface area contributed by atoms with Crippen molar-refractivity contribution in [3.63, 3.8) is 0 Å². The van der Waals surface area contributed by atoms with E-state index in [0.717, 1.165) is 0 Å². The van der Waals surface area contributed by atoms with Crippen LogP contribution in [0.4, 0.5) is 0 Å². The van der Waals surface area contributed by atoms with Crippen LogP contribution in [0.5, 0.6) is 5.75 Å². The Labute approximate surface area is 106 Å². The maximum atomic E-state index is 10.9. The van der Waals surface area contributed by atoms with Crippen LogP contribution in [0.1, 0.15) is 16.2 Å². The Balaban J connectivity index is 1.84. The molecule has 0 aliphatic rings. The number of aromatic carboxylic acids is 1. The van der Waals surface area contributed by atoms with Gasteiger partial charge in [-0.05, 0) is 22.6 Å². The fourth-order valence-electron chi connectivity index (χ4n) is 1.66. The van der Waals surface area contributed by atoms with Crippen LogP contribution in [0, 0.1) is 0 Å². The van der Waals surface area contributed by atoms with Crippen LogP contribution in [0.15, 0.2) is 28.9 Å². The molecule has 0 radical (unpaired) electrons. The molecule has 0 fully saturated rings. The topological polar surface area (TPSA) is 114 Å². The molecule has 19 heavy (non-hydrogen) atoms. The van der Waals surface area contributed by atoms with E-state index in [9.17, 15) is 4.79 Å². The van der Waals surface area contributed by atoms with E-state index in [2.05, 4.69) is 20.6 Å². The fourth-order valence-corrected chi connectivity index (χ4v) is 1.66. The quantitative estimate of drug-likeness (QED) is 0.724. The molecular formula is C11H8N4O4. The minimum atomic E-state index is -1.03. The Bertz CT molecular complexity index is 719. The predicted molar refractivity (Wildman–Crippen MR) is 61.7 cm³/mol.